The van der Waals surface area contributed by atoms with Gasteiger partial charge in [-0.05, 0) is 61.0 Å². The Kier molecular flexibility index (Phi) is 7.67. The molecule has 1 N–H and O–H groups in total. The van der Waals surface area contributed by atoms with Crippen molar-refractivity contribution in [3.63, 3.8) is 0 Å². The third kappa shape index (κ3) is 5.80. The maximum Gasteiger partial charge on any atom is 0.280 e. The number of halogens is 4. The summed E-state index contributed by atoms with van der Waals surface area (Å²) in [7, 11) is 0. The van der Waals surface area contributed by atoms with Crippen molar-refractivity contribution in [2.75, 3.05) is 16.9 Å². The van der Waals surface area contributed by atoms with Crippen molar-refractivity contribution < 1.29 is 14.3 Å². The summed E-state index contributed by atoms with van der Waals surface area (Å²) in [5.74, 6) is -0.555. The Balaban J connectivity index is 1.46. The summed E-state index contributed by atoms with van der Waals surface area (Å²) in [6, 6.07) is 17.0. The van der Waals surface area contributed by atoms with Crippen LogP contribution in [0.15, 0.2) is 71.3 Å². The van der Waals surface area contributed by atoms with Crippen LogP contribution in [-0.2, 0) is 9.59 Å². The van der Waals surface area contributed by atoms with Crippen molar-refractivity contribution in [2.45, 2.75) is 6.92 Å². The number of rotatable bonds is 6. The molecule has 1 aliphatic rings. The molecule has 0 atom stereocenters. The summed E-state index contributed by atoms with van der Waals surface area (Å²) in [5, 5.41) is 9.41. The predicted octanol–water partition coefficient (Wildman–Crippen LogP) is 7.12. The molecule has 0 fully saturated rings. The van der Waals surface area contributed by atoms with Crippen LogP contribution >= 0.6 is 46.4 Å². The summed E-state index contributed by atoms with van der Waals surface area (Å²) >= 11 is 24.6. The smallest absolute Gasteiger partial charge is 0.280 e. The highest BCUT2D eigenvalue weighted by atomic mass is 35.5. The first kappa shape index (κ1) is 25.1. The number of nitrogens with zero attached hydrogens (tertiary/aromatic N) is 2. The average molecular weight is 549 g/mol. The van der Waals surface area contributed by atoms with Crippen molar-refractivity contribution >= 4 is 81.4 Å². The third-order valence-electron chi connectivity index (χ3n) is 4.95. The Hall–Kier alpha value is -3.03. The van der Waals surface area contributed by atoms with Gasteiger partial charge in [-0.3, -0.25) is 9.59 Å². The fraction of sp³-hybridized carbons (Fsp3) is 0.0800. The van der Waals surface area contributed by atoms with Crippen LogP contribution in [-0.4, -0.2) is 24.1 Å². The lowest BCUT2D eigenvalue weighted by atomic mass is 10.1. The quantitative estimate of drug-likeness (QED) is 0.333. The number of ether oxygens (including phenoxy) is 1. The summed E-state index contributed by atoms with van der Waals surface area (Å²) in [6.07, 6.45) is 1.66. The Morgan fingerprint density at radius 1 is 0.971 bits per heavy atom. The molecule has 0 spiro atoms. The number of carbonyl (C=O) groups excluding carboxylic acids is 2. The molecular weight excluding hydrogens is 532 g/mol. The number of amides is 2. The van der Waals surface area contributed by atoms with Gasteiger partial charge in [0.2, 0.25) is 0 Å². The van der Waals surface area contributed by atoms with Gasteiger partial charge < -0.3 is 10.1 Å². The lowest BCUT2D eigenvalue weighted by molar-refractivity contribution is -0.118. The van der Waals surface area contributed by atoms with Gasteiger partial charge >= 0.3 is 0 Å². The van der Waals surface area contributed by atoms with E-state index in [0.717, 1.165) is 0 Å². The van der Waals surface area contributed by atoms with E-state index in [0.29, 0.717) is 38.3 Å². The van der Waals surface area contributed by atoms with Crippen LogP contribution in [0.1, 0.15) is 12.5 Å². The summed E-state index contributed by atoms with van der Waals surface area (Å²) < 4.78 is 5.54. The summed E-state index contributed by atoms with van der Waals surface area (Å²) in [6.45, 7) is 1.41. The van der Waals surface area contributed by atoms with Gasteiger partial charge in [-0.1, -0.05) is 64.6 Å². The molecule has 0 saturated carbocycles. The Morgan fingerprint density at radius 2 is 1.66 bits per heavy atom. The van der Waals surface area contributed by atoms with Crippen molar-refractivity contribution in [1.29, 1.82) is 0 Å². The van der Waals surface area contributed by atoms with E-state index in [1.165, 1.54) is 11.1 Å². The lowest BCUT2D eigenvalue weighted by Gasteiger charge is -2.12. The van der Waals surface area contributed by atoms with E-state index in [-0.39, 0.29) is 28.3 Å². The van der Waals surface area contributed by atoms with Gasteiger partial charge in [0.25, 0.3) is 11.8 Å². The highest BCUT2D eigenvalue weighted by Gasteiger charge is 2.28. The highest BCUT2D eigenvalue weighted by molar-refractivity contribution is 6.42. The molecule has 1 aliphatic heterocycles. The molecule has 0 aromatic heterocycles. The van der Waals surface area contributed by atoms with E-state index in [2.05, 4.69) is 10.4 Å². The number of benzene rings is 3. The molecule has 0 bridgehead atoms. The minimum absolute atomic E-state index is 0.147. The molecule has 10 heteroatoms. The highest BCUT2D eigenvalue weighted by Crippen LogP contribution is 2.35. The van der Waals surface area contributed by atoms with E-state index in [9.17, 15) is 9.59 Å². The first-order valence-electron chi connectivity index (χ1n) is 10.3. The van der Waals surface area contributed by atoms with E-state index in [1.807, 2.05) is 18.2 Å². The zero-order chi connectivity index (χ0) is 25.1. The SMILES string of the molecule is CC1=NN(c2ccccc2)C(=O)/C1=C\c1cc(Cl)c(OCC(=O)Nc2ccc(Cl)c(Cl)c2)c(Cl)c1. The van der Waals surface area contributed by atoms with Crippen LogP contribution < -0.4 is 15.1 Å². The second kappa shape index (κ2) is 10.7. The number of anilines is 2. The van der Waals surface area contributed by atoms with Gasteiger partial charge in [-0.25, -0.2) is 0 Å². The van der Waals surface area contributed by atoms with Crippen LogP contribution in [0.4, 0.5) is 11.4 Å². The maximum absolute atomic E-state index is 12.9. The van der Waals surface area contributed by atoms with Gasteiger partial charge in [-0.15, -0.1) is 0 Å². The monoisotopic (exact) mass is 547 g/mol. The van der Waals surface area contributed by atoms with Crippen molar-refractivity contribution in [2.24, 2.45) is 5.10 Å². The van der Waals surface area contributed by atoms with Crippen molar-refractivity contribution in [3.05, 3.63) is 91.9 Å². The van der Waals surface area contributed by atoms with Gasteiger partial charge in [-0.2, -0.15) is 10.1 Å². The topological polar surface area (TPSA) is 71.0 Å². The zero-order valence-corrected chi connectivity index (χ0v) is 21.2. The van der Waals surface area contributed by atoms with Crippen LogP contribution in [0.3, 0.4) is 0 Å². The number of hydrazone groups is 1. The van der Waals surface area contributed by atoms with Crippen LogP contribution in [0, 0.1) is 0 Å². The van der Waals surface area contributed by atoms with Gasteiger partial charge in [0.15, 0.2) is 12.4 Å². The first-order chi connectivity index (χ1) is 16.7. The normalized spacial score (nSPS) is 14.3. The van der Waals surface area contributed by atoms with E-state index in [1.54, 1.807) is 49.4 Å². The Bertz CT molecular complexity index is 1350. The molecular formula is C25H17Cl4N3O3. The van der Waals surface area contributed by atoms with Crippen LogP contribution in [0.5, 0.6) is 5.75 Å². The van der Waals surface area contributed by atoms with Crippen LogP contribution in [0.25, 0.3) is 6.08 Å². The third-order valence-corrected chi connectivity index (χ3v) is 6.25. The van der Waals surface area contributed by atoms with Gasteiger partial charge in [0.05, 0.1) is 37.1 Å². The fourth-order valence-electron chi connectivity index (χ4n) is 3.30. The van der Waals surface area contributed by atoms with Gasteiger partial charge in [0.1, 0.15) is 0 Å². The van der Waals surface area contributed by atoms with E-state index in [4.69, 9.17) is 51.1 Å². The molecule has 2 amide bonds. The molecule has 178 valence electrons. The molecule has 6 nitrogen and oxygen atoms in total. The number of carbonyl (C=O) groups is 2. The first-order valence-corrected chi connectivity index (χ1v) is 11.8. The minimum atomic E-state index is -0.439. The molecule has 0 radical (unpaired) electrons. The Labute approximate surface area is 221 Å². The van der Waals surface area contributed by atoms with Crippen molar-refractivity contribution in [3.8, 4) is 5.75 Å². The molecule has 0 unspecified atom stereocenters. The molecule has 35 heavy (non-hydrogen) atoms. The second-order valence-corrected chi connectivity index (χ2v) is 9.10. The maximum atomic E-state index is 12.9. The average Bonchev–Trinajstić information content (AvgIpc) is 3.10. The predicted molar refractivity (Wildman–Crippen MR) is 142 cm³/mol. The molecule has 3 aromatic carbocycles. The van der Waals surface area contributed by atoms with Crippen molar-refractivity contribution in [1.82, 2.24) is 0 Å². The fourth-order valence-corrected chi connectivity index (χ4v) is 4.22. The lowest BCUT2D eigenvalue weighted by Crippen LogP contribution is -2.21. The number of nitrogens with one attached hydrogen (secondary N) is 1. The number of para-hydroxylation sites is 1. The zero-order valence-electron chi connectivity index (χ0n) is 18.2. The number of hydrogen-bond donors (Lipinski definition) is 1. The Morgan fingerprint density at radius 3 is 2.31 bits per heavy atom. The van der Waals surface area contributed by atoms with Crippen LogP contribution in [0.2, 0.25) is 20.1 Å². The van der Waals surface area contributed by atoms with E-state index < -0.39 is 5.91 Å². The molecule has 0 saturated heterocycles. The number of hydrogen-bond acceptors (Lipinski definition) is 4. The second-order valence-electron chi connectivity index (χ2n) is 7.48. The molecule has 4 rings (SSSR count). The van der Waals surface area contributed by atoms with Gasteiger partial charge in [0, 0.05) is 5.69 Å². The largest absolute Gasteiger partial charge is 0.481 e. The standard InChI is InChI=1S/C25H17Cl4N3O3/c1-14-18(25(34)32(31-14)17-5-3-2-4-6-17)9-15-10-21(28)24(22(29)11-15)35-13-23(33)30-16-7-8-19(26)20(27)12-16/h2-12H,13H2,1H3,(H,30,33)/b18-9-. The summed E-state index contributed by atoms with van der Waals surface area (Å²) in [5.41, 5.74) is 2.69. The van der Waals surface area contributed by atoms with E-state index >= 15 is 0 Å². The molecule has 1 heterocycles. The minimum Gasteiger partial charge on any atom is -0.481 e. The summed E-state index contributed by atoms with van der Waals surface area (Å²) in [4.78, 5) is 25.2. The molecule has 0 aliphatic carbocycles. The molecule has 3 aromatic rings.